The van der Waals surface area contributed by atoms with Crippen LogP contribution in [0.4, 0.5) is 5.82 Å². The summed E-state index contributed by atoms with van der Waals surface area (Å²) in [5.74, 6) is 0.0255. The summed E-state index contributed by atoms with van der Waals surface area (Å²) in [5, 5.41) is 11.7. The Morgan fingerprint density at radius 1 is 1.52 bits per heavy atom. The molecule has 0 saturated carbocycles. The summed E-state index contributed by atoms with van der Waals surface area (Å²) in [6.45, 7) is 5.29. The maximum absolute atomic E-state index is 12.0. The molecule has 1 saturated heterocycles. The average Bonchev–Trinajstić information content (AvgIpc) is 2.86. The lowest BCUT2D eigenvalue weighted by atomic mass is 9.96. The van der Waals surface area contributed by atoms with Crippen molar-refractivity contribution in [2.24, 2.45) is 5.41 Å². The van der Waals surface area contributed by atoms with Gasteiger partial charge in [0.15, 0.2) is 0 Å². The molecule has 0 aromatic carbocycles. The van der Waals surface area contributed by atoms with Crippen LogP contribution in [0.5, 0.6) is 0 Å². The van der Waals surface area contributed by atoms with Gasteiger partial charge >= 0.3 is 5.69 Å². The number of aromatic nitrogens is 2. The molecule has 7 heteroatoms. The van der Waals surface area contributed by atoms with Crippen LogP contribution in [0, 0.1) is 5.41 Å². The number of nitrogens with one attached hydrogen (secondary N) is 1. The number of ether oxygens (including phenoxy) is 1. The molecule has 1 fully saturated rings. The molecule has 0 aliphatic carbocycles. The number of nitrogens with zero attached hydrogens (tertiary/aromatic N) is 2. The average molecular weight is 295 g/mol. The summed E-state index contributed by atoms with van der Waals surface area (Å²) < 4.78 is 6.92. The first-order valence-corrected chi connectivity index (χ1v) is 6.98. The molecule has 0 spiro atoms. The summed E-state index contributed by atoms with van der Waals surface area (Å²) >= 11 is 0. The van der Waals surface area contributed by atoms with E-state index in [9.17, 15) is 9.59 Å². The zero-order valence-corrected chi connectivity index (χ0v) is 12.5. The van der Waals surface area contributed by atoms with E-state index < -0.39 is 17.3 Å². The van der Waals surface area contributed by atoms with Crippen molar-refractivity contribution >= 4 is 11.7 Å². The van der Waals surface area contributed by atoms with Gasteiger partial charge in [-0.2, -0.15) is 4.98 Å². The highest BCUT2D eigenvalue weighted by Crippen LogP contribution is 2.26. The van der Waals surface area contributed by atoms with Crippen LogP contribution in [0.1, 0.15) is 39.8 Å². The molecule has 2 heterocycles. The molecule has 2 unspecified atom stereocenters. The minimum absolute atomic E-state index is 0.0571. The van der Waals surface area contributed by atoms with Gasteiger partial charge < -0.3 is 15.2 Å². The lowest BCUT2D eigenvalue weighted by molar-refractivity contribution is -0.123. The van der Waals surface area contributed by atoms with Crippen molar-refractivity contribution in [3.63, 3.8) is 0 Å². The second-order valence-corrected chi connectivity index (χ2v) is 6.18. The number of rotatable bonds is 3. The van der Waals surface area contributed by atoms with Crippen molar-refractivity contribution in [2.75, 3.05) is 11.9 Å². The highest BCUT2D eigenvalue weighted by Gasteiger charge is 2.27. The van der Waals surface area contributed by atoms with Crippen molar-refractivity contribution in [1.29, 1.82) is 0 Å². The molecule has 2 rings (SSSR count). The fourth-order valence-electron chi connectivity index (χ4n) is 2.03. The molecular formula is C14H21N3O4. The predicted molar refractivity (Wildman–Crippen MR) is 76.8 cm³/mol. The van der Waals surface area contributed by atoms with Crippen LogP contribution in [-0.2, 0) is 9.53 Å². The first-order chi connectivity index (χ1) is 9.81. The Balaban J connectivity index is 2.12. The standard InChI is InChI=1S/C14H21N3O4/c1-14(2,3)12(19)15-10-6-7-17(13(20)16-10)11-5-4-9(8-18)21-11/h6-7,9,11,18H,4-5,8H2,1-3H3,(H,15,16,19,20). The third-order valence-electron chi connectivity index (χ3n) is 3.35. The van der Waals surface area contributed by atoms with E-state index in [2.05, 4.69) is 10.3 Å². The van der Waals surface area contributed by atoms with Gasteiger partial charge in [0.2, 0.25) is 5.91 Å². The Morgan fingerprint density at radius 3 is 2.76 bits per heavy atom. The molecule has 1 aliphatic rings. The summed E-state index contributed by atoms with van der Waals surface area (Å²) in [4.78, 5) is 27.7. The molecule has 2 atom stereocenters. The number of hydrogen-bond donors (Lipinski definition) is 2. The number of carbonyl (C=O) groups is 1. The number of anilines is 1. The summed E-state index contributed by atoms with van der Waals surface area (Å²) in [5.41, 5.74) is -1.04. The number of amides is 1. The van der Waals surface area contributed by atoms with Crippen LogP contribution < -0.4 is 11.0 Å². The van der Waals surface area contributed by atoms with Crippen LogP contribution in [0.15, 0.2) is 17.1 Å². The second-order valence-electron chi connectivity index (χ2n) is 6.18. The third-order valence-corrected chi connectivity index (χ3v) is 3.35. The zero-order valence-electron chi connectivity index (χ0n) is 12.5. The summed E-state index contributed by atoms with van der Waals surface area (Å²) in [6.07, 6.45) is 2.27. The van der Waals surface area contributed by atoms with E-state index in [4.69, 9.17) is 9.84 Å². The molecule has 116 valence electrons. The lowest BCUT2D eigenvalue weighted by Crippen LogP contribution is -2.31. The SMILES string of the molecule is CC(C)(C)C(=O)Nc1ccn(C2CCC(CO)O2)c(=O)n1. The number of hydrogen-bond acceptors (Lipinski definition) is 5. The minimum Gasteiger partial charge on any atom is -0.394 e. The van der Waals surface area contributed by atoms with Gasteiger partial charge in [0.1, 0.15) is 12.0 Å². The van der Waals surface area contributed by atoms with E-state index in [1.54, 1.807) is 33.0 Å². The first-order valence-electron chi connectivity index (χ1n) is 6.98. The van der Waals surface area contributed by atoms with Crippen molar-refractivity contribution in [2.45, 2.75) is 45.9 Å². The van der Waals surface area contributed by atoms with Gasteiger partial charge in [0, 0.05) is 11.6 Å². The van der Waals surface area contributed by atoms with Crippen LogP contribution in [0.2, 0.25) is 0 Å². The number of aliphatic hydroxyl groups is 1. The van der Waals surface area contributed by atoms with E-state index in [-0.39, 0.29) is 24.4 Å². The molecule has 2 N–H and O–H groups in total. The molecule has 21 heavy (non-hydrogen) atoms. The van der Waals surface area contributed by atoms with Crippen molar-refractivity contribution in [3.8, 4) is 0 Å². The maximum atomic E-state index is 12.0. The van der Waals surface area contributed by atoms with Crippen LogP contribution in [0.3, 0.4) is 0 Å². The number of carbonyl (C=O) groups excluding carboxylic acids is 1. The van der Waals surface area contributed by atoms with Gasteiger partial charge in [0.25, 0.3) is 0 Å². The molecule has 7 nitrogen and oxygen atoms in total. The third kappa shape index (κ3) is 3.68. The van der Waals surface area contributed by atoms with Crippen molar-refractivity contribution in [1.82, 2.24) is 9.55 Å². The smallest absolute Gasteiger partial charge is 0.351 e. The van der Waals surface area contributed by atoms with Gasteiger partial charge in [-0.25, -0.2) is 4.79 Å². The largest absolute Gasteiger partial charge is 0.394 e. The van der Waals surface area contributed by atoms with E-state index in [0.717, 1.165) is 0 Å². The minimum atomic E-state index is -0.556. The van der Waals surface area contributed by atoms with E-state index in [0.29, 0.717) is 12.8 Å². The van der Waals surface area contributed by atoms with Gasteiger partial charge in [-0.05, 0) is 18.9 Å². The van der Waals surface area contributed by atoms with Crippen molar-refractivity contribution in [3.05, 3.63) is 22.7 Å². The summed E-state index contributed by atoms with van der Waals surface area (Å²) in [6, 6.07) is 1.57. The highest BCUT2D eigenvalue weighted by molar-refractivity contribution is 5.93. The van der Waals surface area contributed by atoms with Crippen LogP contribution in [-0.4, -0.2) is 33.3 Å². The predicted octanol–water partition coefficient (Wildman–Crippen LogP) is 0.898. The fraction of sp³-hybridized carbons (Fsp3) is 0.643. The van der Waals surface area contributed by atoms with E-state index >= 15 is 0 Å². The topological polar surface area (TPSA) is 93.5 Å². The molecule has 1 aromatic rings. The van der Waals surface area contributed by atoms with Crippen molar-refractivity contribution < 1.29 is 14.6 Å². The Hall–Kier alpha value is -1.73. The van der Waals surface area contributed by atoms with Gasteiger partial charge in [-0.1, -0.05) is 20.8 Å². The molecule has 1 aromatic heterocycles. The van der Waals surface area contributed by atoms with Gasteiger partial charge in [-0.3, -0.25) is 9.36 Å². The fourth-order valence-corrected chi connectivity index (χ4v) is 2.03. The highest BCUT2D eigenvalue weighted by atomic mass is 16.5. The molecule has 0 radical (unpaired) electrons. The lowest BCUT2D eigenvalue weighted by Gasteiger charge is -2.18. The second kappa shape index (κ2) is 5.95. The van der Waals surface area contributed by atoms with Crippen LogP contribution in [0.25, 0.3) is 0 Å². The van der Waals surface area contributed by atoms with E-state index in [1.807, 2.05) is 0 Å². The molecular weight excluding hydrogens is 274 g/mol. The Labute approximate surface area is 123 Å². The summed E-state index contributed by atoms with van der Waals surface area (Å²) in [7, 11) is 0. The Morgan fingerprint density at radius 2 is 2.24 bits per heavy atom. The molecule has 1 aliphatic heterocycles. The normalized spacial score (nSPS) is 22.3. The number of aliphatic hydroxyl groups excluding tert-OH is 1. The first kappa shape index (κ1) is 15.7. The zero-order chi connectivity index (χ0) is 15.6. The van der Waals surface area contributed by atoms with Crippen LogP contribution >= 0.6 is 0 Å². The maximum Gasteiger partial charge on any atom is 0.351 e. The Kier molecular flexibility index (Phi) is 4.43. The molecule has 1 amide bonds. The molecule has 0 bridgehead atoms. The van der Waals surface area contributed by atoms with Gasteiger partial charge in [-0.15, -0.1) is 0 Å². The Bertz CT molecular complexity index is 576. The monoisotopic (exact) mass is 295 g/mol. The quantitative estimate of drug-likeness (QED) is 0.864. The van der Waals surface area contributed by atoms with Gasteiger partial charge in [0.05, 0.1) is 12.7 Å². The van der Waals surface area contributed by atoms with E-state index in [1.165, 1.54) is 4.57 Å².